The van der Waals surface area contributed by atoms with Crippen LogP contribution in [-0.4, -0.2) is 52.8 Å². The van der Waals surface area contributed by atoms with Gasteiger partial charge in [0.25, 0.3) is 5.56 Å². The smallest absolute Gasteiger partial charge is 0.333 e. The van der Waals surface area contributed by atoms with E-state index in [-0.39, 0.29) is 19.0 Å². The number of ether oxygens (including phenoxy) is 4. The Morgan fingerprint density at radius 3 is 2.47 bits per heavy atom. The first kappa shape index (κ1) is 22.3. The van der Waals surface area contributed by atoms with E-state index in [1.54, 1.807) is 45.2 Å². The summed E-state index contributed by atoms with van der Waals surface area (Å²) in [7, 11) is 1.57. The van der Waals surface area contributed by atoms with E-state index < -0.39 is 41.6 Å². The molecule has 0 aliphatic carbocycles. The lowest BCUT2D eigenvalue weighted by atomic mass is 10.1. The van der Waals surface area contributed by atoms with Crippen LogP contribution in [0, 0.1) is 0 Å². The van der Waals surface area contributed by atoms with Crippen molar-refractivity contribution in [1.82, 2.24) is 14.5 Å². The molecule has 4 rings (SSSR count). The van der Waals surface area contributed by atoms with Crippen molar-refractivity contribution in [2.24, 2.45) is 0 Å². The normalized spacial score (nSPS) is 26.0. The first-order valence-corrected chi connectivity index (χ1v) is 10.4. The number of carbonyl (C=O) groups excluding carboxylic acids is 1. The molecule has 1 N–H and O–H groups in total. The first-order chi connectivity index (χ1) is 15.2. The highest BCUT2D eigenvalue weighted by molar-refractivity contribution is 5.72. The molecule has 10 nitrogen and oxygen atoms in total. The maximum absolute atomic E-state index is 13.3. The Kier molecular flexibility index (Phi) is 5.93. The molecule has 2 aliphatic rings. The van der Waals surface area contributed by atoms with Gasteiger partial charge < -0.3 is 24.3 Å². The third-order valence-electron chi connectivity index (χ3n) is 5.55. The zero-order valence-electron chi connectivity index (χ0n) is 18.4. The number of hydrogen-bond donors (Lipinski definition) is 1. The molecule has 0 radical (unpaired) electrons. The average molecular weight is 445 g/mol. The quantitative estimate of drug-likeness (QED) is 0.694. The van der Waals surface area contributed by atoms with Crippen LogP contribution in [0.1, 0.15) is 32.6 Å². The van der Waals surface area contributed by atoms with Gasteiger partial charge in [0, 0.05) is 25.7 Å². The molecule has 3 heterocycles. The molecule has 0 bridgehead atoms. The van der Waals surface area contributed by atoms with Gasteiger partial charge in [-0.15, -0.1) is 0 Å². The highest BCUT2D eigenvalue weighted by Gasteiger charge is 2.56. The topological polar surface area (TPSA) is 110 Å². The zero-order chi connectivity index (χ0) is 23.0. The molecule has 1 amide bonds. The molecule has 0 unspecified atom stereocenters. The van der Waals surface area contributed by atoms with E-state index in [1.807, 2.05) is 0 Å². The lowest BCUT2D eigenvalue weighted by molar-refractivity contribution is -0.196. The lowest BCUT2D eigenvalue weighted by Crippen LogP contribution is -2.43. The van der Waals surface area contributed by atoms with E-state index in [9.17, 15) is 14.4 Å². The van der Waals surface area contributed by atoms with E-state index in [4.69, 9.17) is 18.9 Å². The van der Waals surface area contributed by atoms with Gasteiger partial charge in [0.15, 0.2) is 12.0 Å². The Labute approximate surface area is 184 Å². The van der Waals surface area contributed by atoms with Crippen LogP contribution in [0.4, 0.5) is 0 Å². The van der Waals surface area contributed by atoms with Gasteiger partial charge in [-0.3, -0.25) is 18.7 Å². The maximum Gasteiger partial charge on any atom is 0.333 e. The van der Waals surface area contributed by atoms with E-state index in [0.29, 0.717) is 5.75 Å². The third kappa shape index (κ3) is 4.34. The van der Waals surface area contributed by atoms with Gasteiger partial charge in [-0.05, 0) is 31.5 Å². The fraction of sp³-hybridized carbons (Fsp3) is 0.500. The van der Waals surface area contributed by atoms with Gasteiger partial charge in [0.05, 0.1) is 13.7 Å². The van der Waals surface area contributed by atoms with Crippen molar-refractivity contribution >= 4 is 5.91 Å². The second kappa shape index (κ2) is 8.53. The fourth-order valence-corrected chi connectivity index (χ4v) is 4.08. The molecule has 10 heteroatoms. The van der Waals surface area contributed by atoms with Crippen LogP contribution in [0.3, 0.4) is 0 Å². The minimum Gasteiger partial charge on any atom is -0.497 e. The highest BCUT2D eigenvalue weighted by Crippen LogP contribution is 2.42. The lowest BCUT2D eigenvalue weighted by Gasteiger charge is -2.25. The standard InChI is InChI=1S/C22H27N3O7/c1-13(26)23-11-16-18-19(32-22(2,3)31-18)20(30-16)24-10-9-17(27)25(21(24)28)12-14-5-7-15(29-4)8-6-14/h5-10,16,18-20H,11-12H2,1-4H3,(H,23,26)/t16-,18-,19-,20-/m1/s1. The summed E-state index contributed by atoms with van der Waals surface area (Å²) in [6, 6.07) is 8.45. The molecule has 0 saturated carbocycles. The molecule has 32 heavy (non-hydrogen) atoms. The summed E-state index contributed by atoms with van der Waals surface area (Å²) in [5.74, 6) is -0.382. The van der Waals surface area contributed by atoms with Gasteiger partial charge in [-0.2, -0.15) is 0 Å². The van der Waals surface area contributed by atoms with Gasteiger partial charge in [0.1, 0.15) is 24.1 Å². The summed E-state index contributed by atoms with van der Waals surface area (Å²) in [6.45, 7) is 5.30. The second-order valence-electron chi connectivity index (χ2n) is 8.34. The average Bonchev–Trinajstić information content (AvgIpc) is 3.23. The van der Waals surface area contributed by atoms with Crippen molar-refractivity contribution in [2.45, 2.75) is 57.6 Å². The molecule has 1 aromatic carbocycles. The maximum atomic E-state index is 13.3. The summed E-state index contributed by atoms with van der Waals surface area (Å²) < 4.78 is 25.7. The first-order valence-electron chi connectivity index (χ1n) is 10.4. The van der Waals surface area contributed by atoms with Crippen molar-refractivity contribution in [2.75, 3.05) is 13.7 Å². The molecule has 2 aromatic rings. The van der Waals surface area contributed by atoms with Crippen LogP contribution in [0.15, 0.2) is 46.1 Å². The van der Waals surface area contributed by atoms with Crippen molar-refractivity contribution in [3.05, 3.63) is 62.9 Å². The summed E-state index contributed by atoms with van der Waals surface area (Å²) >= 11 is 0. The van der Waals surface area contributed by atoms with Crippen LogP contribution in [0.5, 0.6) is 5.75 Å². The number of methoxy groups -OCH3 is 1. The summed E-state index contributed by atoms with van der Waals surface area (Å²) in [4.78, 5) is 37.2. The molecule has 4 atom stereocenters. The summed E-state index contributed by atoms with van der Waals surface area (Å²) in [5.41, 5.74) is -0.168. The van der Waals surface area contributed by atoms with Crippen LogP contribution >= 0.6 is 0 Å². The van der Waals surface area contributed by atoms with Gasteiger partial charge in [-0.25, -0.2) is 4.79 Å². The minimum atomic E-state index is -0.868. The number of hydrogen-bond acceptors (Lipinski definition) is 7. The Hall–Kier alpha value is -2.95. The van der Waals surface area contributed by atoms with Crippen molar-refractivity contribution in [3.8, 4) is 5.75 Å². The Bertz CT molecular complexity index is 1110. The molecular formula is C22H27N3O7. The monoisotopic (exact) mass is 445 g/mol. The van der Waals surface area contributed by atoms with Crippen LogP contribution in [-0.2, 0) is 25.5 Å². The number of benzene rings is 1. The number of fused-ring (bicyclic) bond motifs is 1. The SMILES string of the molecule is COc1ccc(Cn2c(=O)ccn([C@@H]3O[C@H](CNC(C)=O)[C@H]4OC(C)(C)O[C@H]43)c2=O)cc1. The number of nitrogens with one attached hydrogen (secondary N) is 1. The van der Waals surface area contributed by atoms with Crippen molar-refractivity contribution in [1.29, 1.82) is 0 Å². The largest absolute Gasteiger partial charge is 0.497 e. The zero-order valence-corrected chi connectivity index (χ0v) is 18.4. The Morgan fingerprint density at radius 2 is 1.81 bits per heavy atom. The Balaban J connectivity index is 1.65. The molecule has 0 spiro atoms. The summed E-state index contributed by atoms with van der Waals surface area (Å²) in [6.07, 6.45) is -0.962. The van der Waals surface area contributed by atoms with Gasteiger partial charge in [-0.1, -0.05) is 12.1 Å². The van der Waals surface area contributed by atoms with Crippen LogP contribution in [0.25, 0.3) is 0 Å². The van der Waals surface area contributed by atoms with E-state index in [0.717, 1.165) is 10.1 Å². The van der Waals surface area contributed by atoms with Gasteiger partial charge in [0.2, 0.25) is 5.91 Å². The van der Waals surface area contributed by atoms with Gasteiger partial charge >= 0.3 is 5.69 Å². The van der Waals surface area contributed by atoms with Crippen LogP contribution in [0.2, 0.25) is 0 Å². The number of carbonyl (C=O) groups is 1. The molecule has 2 fully saturated rings. The molecule has 1 aromatic heterocycles. The summed E-state index contributed by atoms with van der Waals surface area (Å²) in [5, 5.41) is 2.72. The van der Waals surface area contributed by atoms with E-state index >= 15 is 0 Å². The number of amides is 1. The highest BCUT2D eigenvalue weighted by atomic mass is 16.8. The van der Waals surface area contributed by atoms with Crippen molar-refractivity contribution in [3.63, 3.8) is 0 Å². The third-order valence-corrected chi connectivity index (χ3v) is 5.55. The Morgan fingerprint density at radius 1 is 1.12 bits per heavy atom. The predicted octanol–water partition coefficient (Wildman–Crippen LogP) is 0.621. The van der Waals surface area contributed by atoms with E-state index in [1.165, 1.54) is 23.8 Å². The molecular weight excluding hydrogens is 418 g/mol. The predicted molar refractivity (Wildman–Crippen MR) is 113 cm³/mol. The second-order valence-corrected chi connectivity index (χ2v) is 8.34. The molecule has 172 valence electrons. The van der Waals surface area contributed by atoms with E-state index in [2.05, 4.69) is 5.32 Å². The minimum absolute atomic E-state index is 0.0987. The molecule has 2 aliphatic heterocycles. The number of aromatic nitrogens is 2. The number of nitrogens with zero attached hydrogens (tertiary/aromatic N) is 2. The fourth-order valence-electron chi connectivity index (χ4n) is 4.08. The molecule has 2 saturated heterocycles. The number of rotatable bonds is 6. The van der Waals surface area contributed by atoms with Crippen molar-refractivity contribution < 1.29 is 23.7 Å². The van der Waals surface area contributed by atoms with Crippen LogP contribution < -0.4 is 21.3 Å².